The summed E-state index contributed by atoms with van der Waals surface area (Å²) in [6.45, 7) is 1.92. The van der Waals surface area contributed by atoms with Crippen LogP contribution in [0.5, 0.6) is 0 Å². The number of amides is 1. The summed E-state index contributed by atoms with van der Waals surface area (Å²) in [4.78, 5) is 34.0. The molecule has 0 spiro atoms. The van der Waals surface area contributed by atoms with Crippen molar-refractivity contribution in [3.8, 4) is 0 Å². The van der Waals surface area contributed by atoms with Gasteiger partial charge in [-0.3, -0.25) is 9.59 Å². The number of fused-ring (bicyclic) bond motifs is 2. The summed E-state index contributed by atoms with van der Waals surface area (Å²) in [6.07, 6.45) is 5.35. The van der Waals surface area contributed by atoms with E-state index in [0.29, 0.717) is 17.3 Å². The minimum Gasteiger partial charge on any atom is -0.347 e. The van der Waals surface area contributed by atoms with Crippen molar-refractivity contribution in [2.75, 3.05) is 10.2 Å². The van der Waals surface area contributed by atoms with E-state index in [1.54, 1.807) is 12.4 Å². The second-order valence-corrected chi connectivity index (χ2v) is 5.45. The molecule has 1 amide bonds. The molecule has 0 saturated heterocycles. The first kappa shape index (κ1) is 12.1. The fourth-order valence-electron chi connectivity index (χ4n) is 2.73. The number of carbonyl (C=O) groups is 1. The highest BCUT2D eigenvalue weighted by atomic mass is 16.2. The number of aryl methyl sites for hydroxylation is 1. The quantitative estimate of drug-likeness (QED) is 0.838. The van der Waals surface area contributed by atoms with Gasteiger partial charge in [0.15, 0.2) is 11.2 Å². The van der Waals surface area contributed by atoms with Gasteiger partial charge in [-0.05, 0) is 31.4 Å². The minimum atomic E-state index is -0.382. The van der Waals surface area contributed by atoms with Crippen molar-refractivity contribution in [1.82, 2.24) is 9.97 Å². The number of H-pyrrole nitrogens is 1. The Kier molecular flexibility index (Phi) is 2.42. The van der Waals surface area contributed by atoms with Gasteiger partial charge in [0, 0.05) is 24.5 Å². The van der Waals surface area contributed by atoms with Crippen molar-refractivity contribution in [2.45, 2.75) is 25.8 Å². The molecule has 106 valence electrons. The summed E-state index contributed by atoms with van der Waals surface area (Å²) in [5, 5.41) is 2.84. The molecule has 0 radical (unpaired) electrons. The third kappa shape index (κ3) is 1.75. The average Bonchev–Trinajstić information content (AvgIpc) is 3.27. The van der Waals surface area contributed by atoms with Crippen molar-refractivity contribution in [3.63, 3.8) is 0 Å². The Morgan fingerprint density at radius 3 is 2.86 bits per heavy atom. The highest BCUT2D eigenvalue weighted by molar-refractivity contribution is 6.11. The third-order valence-electron chi connectivity index (χ3n) is 3.92. The van der Waals surface area contributed by atoms with E-state index in [1.807, 2.05) is 17.9 Å². The van der Waals surface area contributed by atoms with Crippen molar-refractivity contribution in [3.05, 3.63) is 45.9 Å². The summed E-state index contributed by atoms with van der Waals surface area (Å²) in [5.41, 5.74) is 1.48. The lowest BCUT2D eigenvalue weighted by atomic mass is 10.2. The lowest BCUT2D eigenvalue weighted by Gasteiger charge is -2.24. The number of carbonyl (C=O) groups excluding carboxylic acids is 1. The van der Waals surface area contributed by atoms with Crippen LogP contribution >= 0.6 is 0 Å². The lowest BCUT2D eigenvalue weighted by Crippen LogP contribution is -2.26. The molecule has 6 nitrogen and oxygen atoms in total. The summed E-state index contributed by atoms with van der Waals surface area (Å²) in [5.74, 6) is 0.859. The molecule has 0 atom stereocenters. The van der Waals surface area contributed by atoms with E-state index in [2.05, 4.69) is 15.3 Å². The molecule has 0 bridgehead atoms. The number of nitrogens with one attached hydrogen (secondary N) is 2. The fraction of sp³-hybridized carbons (Fsp3) is 0.267. The van der Waals surface area contributed by atoms with Crippen molar-refractivity contribution in [2.24, 2.45) is 0 Å². The van der Waals surface area contributed by atoms with Gasteiger partial charge in [0.2, 0.25) is 0 Å². The van der Waals surface area contributed by atoms with Crippen LogP contribution in [0.4, 0.5) is 17.3 Å². The summed E-state index contributed by atoms with van der Waals surface area (Å²) < 4.78 is 0. The molecule has 6 heteroatoms. The maximum atomic E-state index is 12.4. The van der Waals surface area contributed by atoms with Crippen LogP contribution in [0.15, 0.2) is 29.3 Å². The predicted octanol–water partition coefficient (Wildman–Crippen LogP) is 1.94. The molecule has 1 aliphatic heterocycles. The van der Waals surface area contributed by atoms with Crippen LogP contribution in [0.25, 0.3) is 0 Å². The second-order valence-electron chi connectivity index (χ2n) is 5.45. The number of anilines is 3. The number of rotatable bonds is 1. The van der Waals surface area contributed by atoms with Gasteiger partial charge < -0.3 is 15.2 Å². The first-order valence-corrected chi connectivity index (χ1v) is 6.94. The molecule has 2 N–H and O–H groups in total. The Hall–Kier alpha value is -2.63. The molecule has 3 heterocycles. The molecule has 2 aromatic rings. The molecular formula is C15H14N4O2. The first-order chi connectivity index (χ1) is 10.2. The third-order valence-corrected chi connectivity index (χ3v) is 3.92. The Labute approximate surface area is 120 Å². The van der Waals surface area contributed by atoms with Gasteiger partial charge in [0.1, 0.15) is 11.4 Å². The molecule has 0 aromatic carbocycles. The molecule has 4 rings (SSSR count). The van der Waals surface area contributed by atoms with Crippen LogP contribution in [0.1, 0.15) is 28.8 Å². The number of pyridine rings is 2. The Bertz CT molecular complexity index is 808. The maximum absolute atomic E-state index is 12.4. The van der Waals surface area contributed by atoms with E-state index in [1.165, 1.54) is 6.07 Å². The second kappa shape index (κ2) is 4.18. The Balaban J connectivity index is 2.05. The van der Waals surface area contributed by atoms with E-state index in [0.717, 1.165) is 18.4 Å². The first-order valence-electron chi connectivity index (χ1n) is 6.94. The monoisotopic (exact) mass is 282 g/mol. The molecule has 2 aromatic heterocycles. The molecule has 21 heavy (non-hydrogen) atoms. The van der Waals surface area contributed by atoms with Gasteiger partial charge in [-0.1, -0.05) is 0 Å². The average molecular weight is 282 g/mol. The van der Waals surface area contributed by atoms with Gasteiger partial charge in [0.25, 0.3) is 5.91 Å². The van der Waals surface area contributed by atoms with E-state index >= 15 is 0 Å². The van der Waals surface area contributed by atoms with Gasteiger partial charge in [-0.2, -0.15) is 0 Å². The zero-order valence-corrected chi connectivity index (χ0v) is 11.5. The number of aromatic nitrogens is 2. The number of hydrogen-bond donors (Lipinski definition) is 2. The van der Waals surface area contributed by atoms with Gasteiger partial charge >= 0.3 is 0 Å². The minimum absolute atomic E-state index is 0.154. The zero-order chi connectivity index (χ0) is 14.6. The van der Waals surface area contributed by atoms with Gasteiger partial charge in [-0.15, -0.1) is 0 Å². The van der Waals surface area contributed by atoms with Crippen molar-refractivity contribution >= 4 is 23.2 Å². The van der Waals surface area contributed by atoms with Crippen LogP contribution in [0.2, 0.25) is 0 Å². The molecule has 1 saturated carbocycles. The van der Waals surface area contributed by atoms with Crippen molar-refractivity contribution in [1.29, 1.82) is 0 Å². The SMILES string of the molecule is Cc1ccnc2c1NC(=O)c1c([nH]ccc1=O)N2C1CC1. The van der Waals surface area contributed by atoms with Crippen LogP contribution in [0.3, 0.4) is 0 Å². The molecule has 0 unspecified atom stereocenters. The Morgan fingerprint density at radius 1 is 1.29 bits per heavy atom. The standard InChI is InChI=1S/C15H14N4O2/c1-8-4-6-17-14-12(8)18-15(21)11-10(20)5-7-16-13(11)19(14)9-2-3-9/h4-7,9H,2-3H2,1H3,(H,16,20)(H,18,21). The van der Waals surface area contributed by atoms with E-state index in [9.17, 15) is 9.59 Å². The van der Waals surface area contributed by atoms with Crippen molar-refractivity contribution < 1.29 is 4.79 Å². The van der Waals surface area contributed by atoms with Gasteiger partial charge in [-0.25, -0.2) is 4.98 Å². The van der Waals surface area contributed by atoms with Gasteiger partial charge in [0.05, 0.1) is 5.69 Å². The molecular weight excluding hydrogens is 268 g/mol. The fourth-order valence-corrected chi connectivity index (χ4v) is 2.73. The Morgan fingerprint density at radius 2 is 2.10 bits per heavy atom. The highest BCUT2D eigenvalue weighted by Crippen LogP contribution is 2.42. The van der Waals surface area contributed by atoms with Crippen LogP contribution in [0, 0.1) is 6.92 Å². The van der Waals surface area contributed by atoms with E-state index < -0.39 is 0 Å². The summed E-state index contributed by atoms with van der Waals surface area (Å²) >= 11 is 0. The van der Waals surface area contributed by atoms with Crippen LogP contribution < -0.4 is 15.6 Å². The molecule has 1 fully saturated rings. The topological polar surface area (TPSA) is 78.1 Å². The van der Waals surface area contributed by atoms with Crippen LogP contribution in [-0.4, -0.2) is 21.9 Å². The summed E-state index contributed by atoms with van der Waals surface area (Å²) in [7, 11) is 0. The smallest absolute Gasteiger partial charge is 0.263 e. The van der Waals surface area contributed by atoms with E-state index in [4.69, 9.17) is 0 Å². The maximum Gasteiger partial charge on any atom is 0.263 e. The number of aromatic amines is 1. The number of hydrogen-bond acceptors (Lipinski definition) is 4. The normalized spacial score (nSPS) is 16.8. The lowest BCUT2D eigenvalue weighted by molar-refractivity contribution is 0.102. The van der Waals surface area contributed by atoms with Crippen LogP contribution in [-0.2, 0) is 0 Å². The number of nitrogens with zero attached hydrogens (tertiary/aromatic N) is 2. The highest BCUT2D eigenvalue weighted by Gasteiger charge is 2.38. The largest absolute Gasteiger partial charge is 0.347 e. The molecule has 2 aliphatic rings. The zero-order valence-electron chi connectivity index (χ0n) is 11.5. The van der Waals surface area contributed by atoms with E-state index in [-0.39, 0.29) is 22.9 Å². The predicted molar refractivity (Wildman–Crippen MR) is 79.2 cm³/mol. The summed E-state index contributed by atoms with van der Waals surface area (Å²) in [6, 6.07) is 3.50. The molecule has 1 aliphatic carbocycles.